The molecule has 4 nitrogen and oxygen atoms in total. The normalized spacial score (nSPS) is 12.4. The number of thiophene rings is 1. The van der Waals surface area contributed by atoms with E-state index in [1.54, 1.807) is 29.5 Å². The molecule has 0 aliphatic rings. The molecule has 106 valence electrons. The number of rotatable bonds is 4. The van der Waals surface area contributed by atoms with Crippen LogP contribution in [0.3, 0.4) is 0 Å². The Morgan fingerprint density at radius 3 is 2.67 bits per heavy atom. The number of nitro groups is 1. The Balaban J connectivity index is 1.93. The summed E-state index contributed by atoms with van der Waals surface area (Å²) in [6.07, 6.45) is -0.514. The molecule has 0 radical (unpaired) electrons. The molecule has 0 saturated heterocycles. The van der Waals surface area contributed by atoms with Gasteiger partial charge in [-0.25, -0.2) is 0 Å². The third-order valence-corrected chi connectivity index (χ3v) is 4.45. The van der Waals surface area contributed by atoms with Crippen molar-refractivity contribution in [3.05, 3.63) is 75.2 Å². The zero-order valence-electron chi connectivity index (χ0n) is 11.1. The summed E-state index contributed by atoms with van der Waals surface area (Å²) in [5.74, 6) is 0. The van der Waals surface area contributed by atoms with Crippen LogP contribution in [0.5, 0.6) is 0 Å². The Kier molecular flexibility index (Phi) is 3.68. The van der Waals surface area contributed by atoms with E-state index in [0.717, 1.165) is 15.6 Å². The smallest absolute Gasteiger partial charge is 0.272 e. The number of hydrogen-bond donors (Lipinski definition) is 1. The summed E-state index contributed by atoms with van der Waals surface area (Å²) in [7, 11) is 0. The lowest BCUT2D eigenvalue weighted by Gasteiger charge is -2.10. The van der Waals surface area contributed by atoms with Gasteiger partial charge in [-0.2, -0.15) is 0 Å². The molecule has 1 atom stereocenters. The monoisotopic (exact) mass is 299 g/mol. The van der Waals surface area contributed by atoms with Crippen molar-refractivity contribution in [2.45, 2.75) is 12.5 Å². The van der Waals surface area contributed by atoms with Gasteiger partial charge in [0.2, 0.25) is 0 Å². The van der Waals surface area contributed by atoms with Crippen LogP contribution < -0.4 is 0 Å². The first-order valence-electron chi connectivity index (χ1n) is 6.53. The molecule has 3 aromatic rings. The molecule has 5 heteroatoms. The molecule has 0 amide bonds. The van der Waals surface area contributed by atoms with Crippen molar-refractivity contribution in [1.29, 1.82) is 0 Å². The molecule has 1 aromatic heterocycles. The first-order chi connectivity index (χ1) is 10.2. The molecule has 0 fully saturated rings. The molecule has 0 spiro atoms. The maximum atomic E-state index is 11.0. The average molecular weight is 299 g/mol. The Morgan fingerprint density at radius 2 is 1.86 bits per heavy atom. The highest BCUT2D eigenvalue weighted by molar-refractivity contribution is 7.17. The van der Waals surface area contributed by atoms with Crippen LogP contribution in [0.4, 0.5) is 5.69 Å². The van der Waals surface area contributed by atoms with E-state index >= 15 is 0 Å². The molecule has 1 unspecified atom stereocenters. The highest BCUT2D eigenvalue weighted by Crippen LogP contribution is 2.33. The predicted octanol–water partition coefficient (Wildman–Crippen LogP) is 4.09. The highest BCUT2D eigenvalue weighted by Gasteiger charge is 2.19. The van der Waals surface area contributed by atoms with Gasteiger partial charge in [0.05, 0.1) is 11.0 Å². The lowest BCUT2D eigenvalue weighted by Crippen LogP contribution is -2.03. The van der Waals surface area contributed by atoms with E-state index < -0.39 is 11.0 Å². The molecule has 0 aliphatic heterocycles. The standard InChI is InChI=1S/C16H13NO3S/c18-15(9-11-5-1-3-7-14(11)17(19)20)13-10-21-16-8-4-2-6-12(13)16/h1-8,10,15,18H,9H2. The van der Waals surface area contributed by atoms with Gasteiger partial charge in [-0.05, 0) is 22.4 Å². The van der Waals surface area contributed by atoms with E-state index in [4.69, 9.17) is 0 Å². The number of benzene rings is 2. The first-order valence-corrected chi connectivity index (χ1v) is 7.41. The van der Waals surface area contributed by atoms with Crippen molar-refractivity contribution in [3.63, 3.8) is 0 Å². The molecule has 1 heterocycles. The number of nitro benzene ring substituents is 1. The van der Waals surface area contributed by atoms with Crippen LogP contribution in [0.1, 0.15) is 17.2 Å². The summed E-state index contributed by atoms with van der Waals surface area (Å²) in [5, 5.41) is 24.4. The number of nitrogens with zero attached hydrogens (tertiary/aromatic N) is 1. The van der Waals surface area contributed by atoms with E-state index in [2.05, 4.69) is 0 Å². The van der Waals surface area contributed by atoms with Crippen molar-refractivity contribution in [1.82, 2.24) is 0 Å². The number of aliphatic hydroxyl groups is 1. The molecule has 2 aromatic carbocycles. The van der Waals surface area contributed by atoms with E-state index in [1.165, 1.54) is 6.07 Å². The van der Waals surface area contributed by atoms with Gasteiger partial charge < -0.3 is 5.11 Å². The summed E-state index contributed by atoms with van der Waals surface area (Å²) in [4.78, 5) is 10.6. The highest BCUT2D eigenvalue weighted by atomic mass is 32.1. The predicted molar refractivity (Wildman–Crippen MR) is 83.6 cm³/mol. The van der Waals surface area contributed by atoms with Crippen LogP contribution >= 0.6 is 11.3 Å². The second-order valence-electron chi connectivity index (χ2n) is 4.79. The van der Waals surface area contributed by atoms with Crippen molar-refractivity contribution < 1.29 is 10.0 Å². The summed E-state index contributed by atoms with van der Waals surface area (Å²) in [6.45, 7) is 0. The van der Waals surface area contributed by atoms with Crippen LogP contribution in [0.15, 0.2) is 53.9 Å². The van der Waals surface area contributed by atoms with Gasteiger partial charge in [-0.3, -0.25) is 10.1 Å². The second-order valence-corrected chi connectivity index (χ2v) is 5.70. The van der Waals surface area contributed by atoms with Crippen LogP contribution in [-0.2, 0) is 6.42 Å². The van der Waals surface area contributed by atoms with Gasteiger partial charge in [0.1, 0.15) is 0 Å². The lowest BCUT2D eigenvalue weighted by atomic mass is 10.00. The van der Waals surface area contributed by atoms with E-state index in [-0.39, 0.29) is 12.1 Å². The molecule has 3 rings (SSSR count). The first kappa shape index (κ1) is 13.7. The molecular formula is C16H13NO3S. The lowest BCUT2D eigenvalue weighted by molar-refractivity contribution is -0.385. The van der Waals surface area contributed by atoms with Crippen LogP contribution in [0.2, 0.25) is 0 Å². The van der Waals surface area contributed by atoms with Crippen molar-refractivity contribution >= 4 is 27.1 Å². The zero-order chi connectivity index (χ0) is 14.8. The molecular weight excluding hydrogens is 286 g/mol. The second kappa shape index (κ2) is 5.63. The number of fused-ring (bicyclic) bond motifs is 1. The third kappa shape index (κ3) is 2.66. The minimum Gasteiger partial charge on any atom is -0.388 e. The van der Waals surface area contributed by atoms with Gasteiger partial charge in [-0.15, -0.1) is 11.3 Å². The van der Waals surface area contributed by atoms with Gasteiger partial charge in [0.15, 0.2) is 0 Å². The number of aliphatic hydroxyl groups excluding tert-OH is 1. The van der Waals surface area contributed by atoms with Crippen molar-refractivity contribution in [2.24, 2.45) is 0 Å². The third-order valence-electron chi connectivity index (χ3n) is 3.47. The van der Waals surface area contributed by atoms with Crippen LogP contribution in [0.25, 0.3) is 10.1 Å². The molecule has 21 heavy (non-hydrogen) atoms. The summed E-state index contributed by atoms with van der Waals surface area (Å²) >= 11 is 1.57. The molecule has 0 aliphatic carbocycles. The van der Waals surface area contributed by atoms with E-state index in [1.807, 2.05) is 29.6 Å². The Bertz CT molecular complexity index is 797. The van der Waals surface area contributed by atoms with Gasteiger partial charge in [0, 0.05) is 22.8 Å². The number of hydrogen-bond acceptors (Lipinski definition) is 4. The van der Waals surface area contributed by atoms with E-state index in [0.29, 0.717) is 5.56 Å². The fourth-order valence-corrected chi connectivity index (χ4v) is 3.44. The maximum absolute atomic E-state index is 11.0. The van der Waals surface area contributed by atoms with Gasteiger partial charge in [0.25, 0.3) is 5.69 Å². The summed E-state index contributed by atoms with van der Waals surface area (Å²) in [6, 6.07) is 14.4. The summed E-state index contributed by atoms with van der Waals surface area (Å²) in [5.41, 5.74) is 1.43. The fourth-order valence-electron chi connectivity index (χ4n) is 2.44. The minimum atomic E-state index is -0.748. The van der Waals surface area contributed by atoms with Crippen molar-refractivity contribution in [3.8, 4) is 0 Å². The largest absolute Gasteiger partial charge is 0.388 e. The zero-order valence-corrected chi connectivity index (χ0v) is 11.9. The average Bonchev–Trinajstić information content (AvgIpc) is 2.91. The van der Waals surface area contributed by atoms with Gasteiger partial charge >= 0.3 is 0 Å². The maximum Gasteiger partial charge on any atom is 0.272 e. The molecule has 0 bridgehead atoms. The van der Waals surface area contributed by atoms with Crippen LogP contribution in [0, 0.1) is 10.1 Å². The summed E-state index contributed by atoms with van der Waals surface area (Å²) < 4.78 is 1.11. The van der Waals surface area contributed by atoms with Crippen LogP contribution in [-0.4, -0.2) is 10.0 Å². The number of para-hydroxylation sites is 1. The van der Waals surface area contributed by atoms with E-state index in [9.17, 15) is 15.2 Å². The minimum absolute atomic E-state index is 0.0519. The van der Waals surface area contributed by atoms with Gasteiger partial charge in [-0.1, -0.05) is 36.4 Å². The Morgan fingerprint density at radius 1 is 1.14 bits per heavy atom. The molecule has 0 saturated carbocycles. The Hall–Kier alpha value is -2.24. The molecule has 1 N–H and O–H groups in total. The van der Waals surface area contributed by atoms with Crippen molar-refractivity contribution in [2.75, 3.05) is 0 Å². The Labute approximate surface area is 125 Å². The topological polar surface area (TPSA) is 63.4 Å². The quantitative estimate of drug-likeness (QED) is 0.583. The SMILES string of the molecule is O=[N+]([O-])c1ccccc1CC(O)c1csc2ccccc12. The fraction of sp³-hybridized carbons (Fsp3) is 0.125.